The van der Waals surface area contributed by atoms with Crippen molar-refractivity contribution >= 4 is 18.3 Å². The number of esters is 2. The van der Waals surface area contributed by atoms with Gasteiger partial charge in [0.2, 0.25) is 6.41 Å². The minimum absolute atomic E-state index is 0.0580. The number of carbonyl (C=O) groups excluding carboxylic acids is 3. The molecule has 0 radical (unpaired) electrons. The van der Waals surface area contributed by atoms with Crippen molar-refractivity contribution in [2.24, 2.45) is 0 Å². The maximum absolute atomic E-state index is 10.5. The molecule has 1 saturated heterocycles. The SMILES string of the molecule is O=CN[C@@H]1CC(=O)OC1=O. The molecule has 1 rings (SSSR count). The number of rotatable bonds is 2. The fraction of sp³-hybridized carbons (Fsp3) is 0.400. The minimum Gasteiger partial charge on any atom is -0.392 e. The first-order valence-electron chi connectivity index (χ1n) is 2.68. The average molecular weight is 143 g/mol. The van der Waals surface area contributed by atoms with Crippen LogP contribution in [0.1, 0.15) is 6.42 Å². The number of nitrogens with one attached hydrogen (secondary N) is 1. The van der Waals surface area contributed by atoms with E-state index in [1.807, 2.05) is 0 Å². The lowest BCUT2D eigenvalue weighted by molar-refractivity contribution is -0.152. The van der Waals surface area contributed by atoms with Crippen LogP contribution in [0.15, 0.2) is 0 Å². The van der Waals surface area contributed by atoms with Crippen molar-refractivity contribution in [2.45, 2.75) is 12.5 Å². The third-order valence-electron chi connectivity index (χ3n) is 1.14. The van der Waals surface area contributed by atoms with Crippen molar-refractivity contribution in [2.75, 3.05) is 0 Å². The number of carbonyl (C=O) groups is 3. The molecule has 1 heterocycles. The van der Waals surface area contributed by atoms with Gasteiger partial charge in [-0.3, -0.25) is 9.59 Å². The second-order valence-electron chi connectivity index (χ2n) is 1.83. The Morgan fingerprint density at radius 1 is 1.60 bits per heavy atom. The van der Waals surface area contributed by atoms with Gasteiger partial charge in [-0.15, -0.1) is 0 Å². The lowest BCUT2D eigenvalue weighted by atomic mass is 10.2. The Morgan fingerprint density at radius 3 is 2.70 bits per heavy atom. The van der Waals surface area contributed by atoms with Crippen LogP contribution in [0.4, 0.5) is 0 Å². The van der Waals surface area contributed by atoms with Crippen LogP contribution in [0.25, 0.3) is 0 Å². The molecule has 1 aliphatic rings. The molecular weight excluding hydrogens is 138 g/mol. The summed E-state index contributed by atoms with van der Waals surface area (Å²) in [5.74, 6) is -1.28. The summed E-state index contributed by atoms with van der Waals surface area (Å²) in [5.41, 5.74) is 0. The van der Waals surface area contributed by atoms with Gasteiger partial charge in [0, 0.05) is 0 Å². The Labute approximate surface area is 56.3 Å². The van der Waals surface area contributed by atoms with E-state index in [-0.39, 0.29) is 6.42 Å². The van der Waals surface area contributed by atoms with Crippen LogP contribution in [0.5, 0.6) is 0 Å². The highest BCUT2D eigenvalue weighted by atomic mass is 16.6. The summed E-state index contributed by atoms with van der Waals surface area (Å²) in [4.78, 5) is 30.6. The third-order valence-corrected chi connectivity index (χ3v) is 1.14. The Balaban J connectivity index is 2.54. The summed E-state index contributed by atoms with van der Waals surface area (Å²) in [6.07, 6.45) is 0.308. The number of hydrogen-bond donors (Lipinski definition) is 1. The van der Waals surface area contributed by atoms with Gasteiger partial charge in [0.15, 0.2) is 0 Å². The highest BCUT2D eigenvalue weighted by Crippen LogP contribution is 2.06. The quantitative estimate of drug-likeness (QED) is 0.292. The van der Waals surface area contributed by atoms with Crippen LogP contribution in [-0.4, -0.2) is 24.4 Å². The van der Waals surface area contributed by atoms with Gasteiger partial charge in [-0.2, -0.15) is 0 Å². The predicted octanol–water partition coefficient (Wildman–Crippen LogP) is -1.43. The Morgan fingerprint density at radius 2 is 2.30 bits per heavy atom. The van der Waals surface area contributed by atoms with Crippen molar-refractivity contribution in [3.8, 4) is 0 Å². The Kier molecular flexibility index (Phi) is 1.66. The molecule has 1 atom stereocenters. The molecule has 1 amide bonds. The lowest BCUT2D eigenvalue weighted by Crippen LogP contribution is -2.31. The summed E-state index contributed by atoms with van der Waals surface area (Å²) in [6.45, 7) is 0. The summed E-state index contributed by atoms with van der Waals surface area (Å²) in [6, 6.07) is -0.773. The molecule has 1 fully saturated rings. The average Bonchev–Trinajstić information content (AvgIpc) is 2.13. The van der Waals surface area contributed by atoms with Crippen LogP contribution >= 0.6 is 0 Å². The topological polar surface area (TPSA) is 72.5 Å². The van der Waals surface area contributed by atoms with Crippen molar-refractivity contribution in [1.29, 1.82) is 0 Å². The van der Waals surface area contributed by atoms with E-state index in [2.05, 4.69) is 10.1 Å². The number of hydrogen-bond acceptors (Lipinski definition) is 4. The van der Waals surface area contributed by atoms with Gasteiger partial charge in [-0.25, -0.2) is 4.79 Å². The first-order valence-corrected chi connectivity index (χ1v) is 2.68. The van der Waals surface area contributed by atoms with E-state index in [1.54, 1.807) is 0 Å². The van der Waals surface area contributed by atoms with Crippen molar-refractivity contribution in [3.05, 3.63) is 0 Å². The van der Waals surface area contributed by atoms with Gasteiger partial charge in [0.05, 0.1) is 6.42 Å². The van der Waals surface area contributed by atoms with E-state index in [1.165, 1.54) is 0 Å². The van der Waals surface area contributed by atoms with E-state index in [4.69, 9.17) is 0 Å². The van der Waals surface area contributed by atoms with Gasteiger partial charge in [0.25, 0.3) is 0 Å². The normalized spacial score (nSPS) is 24.2. The van der Waals surface area contributed by atoms with Crippen LogP contribution in [0.3, 0.4) is 0 Å². The Bertz CT molecular complexity index is 188. The lowest BCUT2D eigenvalue weighted by Gasteiger charge is -1.98. The number of amides is 1. The minimum atomic E-state index is -0.773. The molecule has 10 heavy (non-hydrogen) atoms. The van der Waals surface area contributed by atoms with Crippen LogP contribution in [0, 0.1) is 0 Å². The van der Waals surface area contributed by atoms with E-state index >= 15 is 0 Å². The van der Waals surface area contributed by atoms with E-state index in [0.717, 1.165) is 0 Å². The standard InChI is InChI=1S/C5H5NO4/c7-2-6-3-1-4(8)10-5(3)9/h2-3H,1H2,(H,6,7)/t3-/m1/s1. The zero-order valence-electron chi connectivity index (χ0n) is 4.99. The first kappa shape index (κ1) is 6.73. The predicted molar refractivity (Wildman–Crippen MR) is 28.7 cm³/mol. The molecule has 0 aromatic heterocycles. The summed E-state index contributed by atoms with van der Waals surface area (Å²) >= 11 is 0. The number of cyclic esters (lactones) is 2. The molecule has 0 saturated carbocycles. The van der Waals surface area contributed by atoms with E-state index in [0.29, 0.717) is 6.41 Å². The summed E-state index contributed by atoms with van der Waals surface area (Å²) < 4.78 is 4.13. The molecule has 54 valence electrons. The molecule has 1 N–H and O–H groups in total. The Hall–Kier alpha value is -1.39. The molecule has 0 aromatic carbocycles. The van der Waals surface area contributed by atoms with Crippen molar-refractivity contribution in [3.63, 3.8) is 0 Å². The molecular formula is C5H5NO4. The number of ether oxygens (including phenoxy) is 1. The van der Waals surface area contributed by atoms with Crippen LogP contribution < -0.4 is 5.32 Å². The van der Waals surface area contributed by atoms with Gasteiger partial charge in [-0.1, -0.05) is 0 Å². The highest BCUT2D eigenvalue weighted by molar-refractivity contribution is 5.97. The molecule has 0 aliphatic carbocycles. The molecule has 0 spiro atoms. The zero-order chi connectivity index (χ0) is 7.56. The van der Waals surface area contributed by atoms with Gasteiger partial charge in [-0.05, 0) is 0 Å². The van der Waals surface area contributed by atoms with Gasteiger partial charge in [0.1, 0.15) is 6.04 Å². The maximum Gasteiger partial charge on any atom is 0.336 e. The fourth-order valence-electron chi connectivity index (χ4n) is 0.684. The fourth-order valence-corrected chi connectivity index (χ4v) is 0.684. The summed E-state index contributed by atoms with van der Waals surface area (Å²) in [5, 5.41) is 2.15. The van der Waals surface area contributed by atoms with Crippen LogP contribution in [-0.2, 0) is 19.1 Å². The molecule has 0 aromatic rings. The molecule has 5 heteroatoms. The third kappa shape index (κ3) is 1.12. The monoisotopic (exact) mass is 143 g/mol. The molecule has 0 bridgehead atoms. The summed E-state index contributed by atoms with van der Waals surface area (Å²) in [7, 11) is 0. The second kappa shape index (κ2) is 2.47. The van der Waals surface area contributed by atoms with E-state index in [9.17, 15) is 14.4 Å². The van der Waals surface area contributed by atoms with Gasteiger partial charge >= 0.3 is 11.9 Å². The van der Waals surface area contributed by atoms with Crippen molar-refractivity contribution in [1.82, 2.24) is 5.32 Å². The highest BCUT2D eigenvalue weighted by Gasteiger charge is 2.32. The smallest absolute Gasteiger partial charge is 0.336 e. The van der Waals surface area contributed by atoms with Crippen LogP contribution in [0.2, 0.25) is 0 Å². The van der Waals surface area contributed by atoms with Crippen molar-refractivity contribution < 1.29 is 19.1 Å². The first-order chi connectivity index (χ1) is 4.74. The second-order valence-corrected chi connectivity index (χ2v) is 1.83. The molecule has 1 aliphatic heterocycles. The zero-order valence-corrected chi connectivity index (χ0v) is 4.99. The van der Waals surface area contributed by atoms with E-state index < -0.39 is 18.0 Å². The molecule has 5 nitrogen and oxygen atoms in total. The largest absolute Gasteiger partial charge is 0.392 e. The van der Waals surface area contributed by atoms with Gasteiger partial charge < -0.3 is 10.1 Å². The molecule has 0 unspecified atom stereocenters. The maximum atomic E-state index is 10.5.